The van der Waals surface area contributed by atoms with Crippen molar-refractivity contribution < 1.29 is 78.1 Å². The number of unbranched alkanes of at least 4 members (excludes halogenated alkanes) is 15. The molecule has 0 heterocycles. The summed E-state index contributed by atoms with van der Waals surface area (Å²) < 4.78 is 32.9. The highest BCUT2D eigenvalue weighted by Crippen LogP contribution is 2.28. The van der Waals surface area contributed by atoms with Gasteiger partial charge in [0.1, 0.15) is 0 Å². The number of carbonyl (C=O) groups is 8. The fraction of sp³-hybridized carbons (Fsp3) is 0.848. The van der Waals surface area contributed by atoms with Crippen LogP contribution in [0.2, 0.25) is 115 Å². The predicted octanol–water partition coefficient (Wildman–Crippen LogP) is 12.5. The van der Waals surface area contributed by atoms with Crippen LogP contribution in [0.5, 0.6) is 0 Å². The molecule has 0 radical (unpaired) electrons. The number of esters is 2. The zero-order chi connectivity index (χ0) is 82.4. The van der Waals surface area contributed by atoms with Crippen molar-refractivity contribution in [2.24, 2.45) is 0 Å². The summed E-state index contributed by atoms with van der Waals surface area (Å²) in [5.74, 6) is -0.673. The first-order valence-electron chi connectivity index (χ1n) is 41.5. The maximum Gasteiger partial charge on any atom is 0.333 e. The summed E-state index contributed by atoms with van der Waals surface area (Å²) >= 11 is 0. The Morgan fingerprint density at radius 1 is 0.259 bits per heavy atom. The number of amides is 6. The fourth-order valence-electron chi connectivity index (χ4n) is 14.0. The minimum atomic E-state index is -1.94. The monoisotopic (exact) mass is 1630 g/mol. The van der Waals surface area contributed by atoms with E-state index in [1.54, 1.807) is 13.8 Å². The number of quaternary nitrogens is 4. The van der Waals surface area contributed by atoms with E-state index in [1.165, 1.54) is 6.42 Å². The van der Waals surface area contributed by atoms with Gasteiger partial charge in [-0.05, 0) is 199 Å². The van der Waals surface area contributed by atoms with Crippen LogP contribution in [0.15, 0.2) is 24.3 Å². The van der Waals surface area contributed by atoms with E-state index >= 15 is 0 Å². The van der Waals surface area contributed by atoms with Crippen LogP contribution in [0, 0.1) is 0 Å². The molecule has 23 nitrogen and oxygen atoms in total. The van der Waals surface area contributed by atoms with Crippen LogP contribution < -0.4 is 31.9 Å². The second-order valence-electron chi connectivity index (χ2n) is 37.6. The average Bonchev–Trinajstić information content (AvgIpc) is 0.879. The average molecular weight is 1630 g/mol. The van der Waals surface area contributed by atoms with Gasteiger partial charge in [-0.1, -0.05) is 90.2 Å². The van der Waals surface area contributed by atoms with E-state index in [0.717, 1.165) is 191 Å². The molecule has 29 heteroatoms. The number of nitrogens with zero attached hydrogens (tertiary/aromatic N) is 4. The molecule has 0 spiro atoms. The largest absolute Gasteiger partial charge is 0.462 e. The number of carbonyl (C=O) groups excluding carboxylic acids is 8. The number of hydrogen-bond donors (Lipinski definition) is 6. The first kappa shape index (κ1) is 104. The van der Waals surface area contributed by atoms with E-state index in [9.17, 15) is 38.4 Å². The lowest BCUT2D eigenvalue weighted by Crippen LogP contribution is -2.52. The van der Waals surface area contributed by atoms with Crippen molar-refractivity contribution in [1.82, 2.24) is 31.9 Å². The summed E-state index contributed by atoms with van der Waals surface area (Å²) in [5.41, 5.74) is 0.839. The molecule has 0 bridgehead atoms. The van der Waals surface area contributed by atoms with Crippen LogP contribution in [0.25, 0.3) is 0 Å². The summed E-state index contributed by atoms with van der Waals surface area (Å²) in [6.07, 6.45) is 23.2. The van der Waals surface area contributed by atoms with Crippen LogP contribution >= 0.6 is 0 Å². The Morgan fingerprint density at radius 2 is 0.444 bits per heavy atom. The predicted molar refractivity (Wildman–Crippen MR) is 460 cm³/mol. The second-order valence-corrected chi connectivity index (χ2v) is 64.1. The zero-order valence-corrected chi connectivity index (χ0v) is 79.3. The molecule has 108 heavy (non-hydrogen) atoms. The van der Waals surface area contributed by atoms with Gasteiger partial charge in [-0.15, -0.1) is 0 Å². The normalized spacial score (nSPS) is 12.8. The van der Waals surface area contributed by atoms with E-state index < -0.39 is 49.9 Å². The highest BCUT2D eigenvalue weighted by molar-refractivity contribution is 6.86. The molecule has 630 valence electrons. The molecule has 0 saturated heterocycles. The van der Waals surface area contributed by atoms with Crippen LogP contribution in [0.4, 0.5) is 0 Å². The first-order chi connectivity index (χ1) is 49.9. The Morgan fingerprint density at radius 3 is 0.722 bits per heavy atom. The minimum Gasteiger partial charge on any atom is -0.462 e. The molecule has 0 aromatic heterocycles. The Balaban J connectivity index is 4.27. The number of hydrogen-bond acceptors (Lipinski definition) is 13. The van der Waals surface area contributed by atoms with Crippen molar-refractivity contribution in [3.63, 3.8) is 0 Å². The quantitative estimate of drug-likeness (QED) is 0.0109. The third-order valence-corrected chi connectivity index (χ3v) is 42.1. The van der Waals surface area contributed by atoms with Crippen molar-refractivity contribution in [3.8, 4) is 0 Å². The van der Waals surface area contributed by atoms with Crippen LogP contribution in [0.3, 0.4) is 0 Å². The maximum atomic E-state index is 13.1. The van der Waals surface area contributed by atoms with Crippen LogP contribution in [-0.2, 0) is 60.2 Å². The molecule has 0 unspecified atom stereocenters. The van der Waals surface area contributed by atoms with Gasteiger partial charge in [-0.2, -0.15) is 0 Å². The number of rotatable bonds is 67. The molecular formula is C79H166N10O13Si6+4. The van der Waals surface area contributed by atoms with Crippen LogP contribution in [0.1, 0.15) is 162 Å². The van der Waals surface area contributed by atoms with Gasteiger partial charge in [-0.3, -0.25) is 28.8 Å². The van der Waals surface area contributed by atoms with E-state index in [0.29, 0.717) is 90.2 Å². The molecule has 6 N–H and O–H groups in total. The van der Waals surface area contributed by atoms with Crippen molar-refractivity contribution >= 4 is 97.3 Å². The van der Waals surface area contributed by atoms with Gasteiger partial charge in [0.25, 0.3) is 35.4 Å². The Bertz CT molecular complexity index is 2680. The molecule has 0 atom stereocenters. The van der Waals surface area contributed by atoms with E-state index in [-0.39, 0.29) is 78.0 Å². The van der Waals surface area contributed by atoms with Crippen molar-refractivity contribution in [2.45, 2.75) is 276 Å². The molecule has 0 fully saturated rings. The molecule has 0 saturated carbocycles. The minimum absolute atomic E-state index is 0.0303. The molecule has 0 rings (SSSR count). The zero-order valence-electron chi connectivity index (χ0n) is 73.3. The highest BCUT2D eigenvalue weighted by Gasteiger charge is 2.36. The van der Waals surface area contributed by atoms with Gasteiger partial charge >= 0.3 is 11.9 Å². The smallest absolute Gasteiger partial charge is 0.333 e. The lowest BCUT2D eigenvalue weighted by molar-refractivity contribution is -0.882. The summed E-state index contributed by atoms with van der Waals surface area (Å²) in [6.45, 7) is 46.5. The molecule has 6 amide bonds. The van der Waals surface area contributed by atoms with Crippen molar-refractivity contribution in [1.29, 1.82) is 0 Å². The number of ether oxygens (including phenoxy) is 2. The van der Waals surface area contributed by atoms with Crippen molar-refractivity contribution in [3.05, 3.63) is 24.3 Å². The molecule has 0 aliphatic heterocycles. The third kappa shape index (κ3) is 60.9. The standard InChI is InChI=1S/C79H162N10O13Si6/c1-70(2)78(96)98-56-40-31-27-26-30-38-54-86(5,6)64-72(90)81-49-34-43-59-104(15,16)100-107(21,22)62-46-37-52-84-76(94)68-89(11,12)69-77(95)85-53-47-63-108(23,24)102-103(13,14)58-42-32-28-25-29-33-48-80-74(92)66-88(9,10)67-75(93)83-51-36-45-61-106(19,20)101-105(17,18)60-44-35-50-82-73(91)65-87(7,8)55-39-41-57-99-79(97)71(3)4/h1,3,25-69H2,2,4-24H3,(H2-4,80,81,82,83,84,85,90,91,92,93,94,95)/p+4. The first-order valence-corrected chi connectivity index (χ1v) is 60.2. The molecule has 0 aromatic rings. The fourth-order valence-corrected chi connectivity index (χ4v) is 41.0. The lowest BCUT2D eigenvalue weighted by Gasteiger charge is -2.34. The van der Waals surface area contributed by atoms with Gasteiger partial charge in [0.2, 0.25) is 0 Å². The lowest BCUT2D eigenvalue weighted by atomic mass is 10.1. The Kier molecular flexibility index (Phi) is 51.5. The molecule has 0 aliphatic rings. The van der Waals surface area contributed by atoms with Gasteiger partial charge in [0, 0.05) is 50.4 Å². The summed E-state index contributed by atoms with van der Waals surface area (Å²) in [6, 6.07) is 6.27. The Hall–Kier alpha value is -3.74. The highest BCUT2D eigenvalue weighted by atomic mass is 28.4. The molecule has 0 aromatic carbocycles. The van der Waals surface area contributed by atoms with Gasteiger partial charge in [0.05, 0.1) is 82.7 Å². The summed E-state index contributed by atoms with van der Waals surface area (Å²) in [5, 5.41) is 18.6. The number of likely N-dealkylation sites (N-methyl/N-ethyl adjacent to an activating group) is 4. The van der Waals surface area contributed by atoms with E-state index in [2.05, 4.69) is 138 Å². The van der Waals surface area contributed by atoms with E-state index in [1.807, 2.05) is 42.3 Å². The molecule has 0 aliphatic carbocycles. The van der Waals surface area contributed by atoms with Crippen LogP contribution in [-0.4, -0.2) is 276 Å². The van der Waals surface area contributed by atoms with Gasteiger partial charge in [-0.25, -0.2) is 9.59 Å². The molecular weight excluding hydrogens is 1470 g/mol. The SMILES string of the molecule is C=C(C)C(=O)OCCCCCCCC[N+](C)(C)CC(=O)NCCCC[Si](C)(C)O[Si](C)(C)CCCCNC(=O)C[N+](C)(C)CC(=O)NCCC[Si](C)(C)O[Si](C)(C)CCCCCCCCNC(=O)C[N+](C)(C)CC(=O)NCCCC[Si](C)(C)O[Si](C)(C)CCCCNC(=O)C[N+](C)(C)CCCCOC(=O)C(=C)C. The summed E-state index contributed by atoms with van der Waals surface area (Å²) in [4.78, 5) is 101. The number of nitrogens with one attached hydrogen (secondary N) is 6. The van der Waals surface area contributed by atoms with Crippen molar-refractivity contribution in [2.75, 3.05) is 161 Å². The third-order valence-electron chi connectivity index (χ3n) is 19.5. The van der Waals surface area contributed by atoms with E-state index in [4.69, 9.17) is 21.8 Å². The Labute approximate surface area is 665 Å². The van der Waals surface area contributed by atoms with Gasteiger partial charge < -0.3 is 71.7 Å². The summed E-state index contributed by atoms with van der Waals surface area (Å²) in [7, 11) is 4.70. The van der Waals surface area contributed by atoms with Gasteiger partial charge in [0.15, 0.2) is 89.2 Å². The second kappa shape index (κ2) is 53.4. The topological polar surface area (TPSA) is 255 Å². The maximum absolute atomic E-state index is 13.1.